The van der Waals surface area contributed by atoms with Gasteiger partial charge in [-0.3, -0.25) is 4.79 Å². The predicted octanol–water partition coefficient (Wildman–Crippen LogP) is 2.44. The van der Waals surface area contributed by atoms with Crippen molar-refractivity contribution in [3.8, 4) is 0 Å². The van der Waals surface area contributed by atoms with Crippen molar-refractivity contribution in [2.24, 2.45) is 0 Å². The number of hydrogen-bond acceptors (Lipinski definition) is 4. The standard InChI is InChI=1S/C19H20N2O3/c1-24-19(23)16-7-9-17(10-8-16)20-11-13-21(14-12-20)18(22)15-5-3-2-4-6-15/h2-10H,11-14H2,1H3. The lowest BCUT2D eigenvalue weighted by Gasteiger charge is -2.36. The molecule has 2 aromatic carbocycles. The van der Waals surface area contributed by atoms with E-state index < -0.39 is 0 Å². The summed E-state index contributed by atoms with van der Waals surface area (Å²) < 4.78 is 4.71. The first-order valence-corrected chi connectivity index (χ1v) is 7.96. The zero-order valence-electron chi connectivity index (χ0n) is 13.6. The number of piperazine rings is 1. The van der Waals surface area contributed by atoms with E-state index in [-0.39, 0.29) is 11.9 Å². The van der Waals surface area contributed by atoms with Crippen molar-refractivity contribution in [3.63, 3.8) is 0 Å². The molecule has 0 atom stereocenters. The van der Waals surface area contributed by atoms with Gasteiger partial charge < -0.3 is 14.5 Å². The number of esters is 1. The molecule has 5 heteroatoms. The number of carbonyl (C=O) groups excluding carboxylic acids is 2. The molecule has 1 aliphatic rings. The van der Waals surface area contributed by atoms with Crippen molar-refractivity contribution >= 4 is 17.6 Å². The van der Waals surface area contributed by atoms with Crippen LogP contribution in [0.4, 0.5) is 5.69 Å². The van der Waals surface area contributed by atoms with E-state index in [9.17, 15) is 9.59 Å². The molecule has 0 N–H and O–H groups in total. The number of nitrogens with zero attached hydrogens (tertiary/aromatic N) is 2. The van der Waals surface area contributed by atoms with Crippen molar-refractivity contribution in [1.29, 1.82) is 0 Å². The highest BCUT2D eigenvalue weighted by Crippen LogP contribution is 2.18. The summed E-state index contributed by atoms with van der Waals surface area (Å²) in [6, 6.07) is 16.7. The predicted molar refractivity (Wildman–Crippen MR) is 92.3 cm³/mol. The molecule has 1 amide bonds. The van der Waals surface area contributed by atoms with Gasteiger partial charge in [-0.25, -0.2) is 4.79 Å². The Morgan fingerprint density at radius 2 is 1.46 bits per heavy atom. The summed E-state index contributed by atoms with van der Waals surface area (Å²) in [5.74, 6) is -0.254. The quantitative estimate of drug-likeness (QED) is 0.814. The van der Waals surface area contributed by atoms with Crippen LogP contribution in [0.1, 0.15) is 20.7 Å². The van der Waals surface area contributed by atoms with Gasteiger partial charge in [-0.15, -0.1) is 0 Å². The first-order valence-electron chi connectivity index (χ1n) is 7.96. The molecule has 0 unspecified atom stereocenters. The molecular weight excluding hydrogens is 304 g/mol. The first kappa shape index (κ1) is 16.1. The van der Waals surface area contributed by atoms with E-state index in [2.05, 4.69) is 4.90 Å². The summed E-state index contributed by atoms with van der Waals surface area (Å²) in [7, 11) is 1.37. The largest absolute Gasteiger partial charge is 0.465 e. The Morgan fingerprint density at radius 1 is 0.833 bits per heavy atom. The molecule has 2 aromatic rings. The third kappa shape index (κ3) is 3.40. The minimum absolute atomic E-state index is 0.0799. The second-order valence-electron chi connectivity index (χ2n) is 5.68. The fourth-order valence-corrected chi connectivity index (χ4v) is 2.86. The van der Waals surface area contributed by atoms with E-state index in [4.69, 9.17) is 4.74 Å². The zero-order chi connectivity index (χ0) is 16.9. The number of amides is 1. The number of anilines is 1. The Labute approximate surface area is 141 Å². The molecule has 0 aliphatic carbocycles. The van der Waals surface area contributed by atoms with E-state index >= 15 is 0 Å². The fraction of sp³-hybridized carbons (Fsp3) is 0.263. The van der Waals surface area contributed by atoms with Gasteiger partial charge in [0.25, 0.3) is 5.91 Å². The summed E-state index contributed by atoms with van der Waals surface area (Å²) in [6.45, 7) is 2.92. The van der Waals surface area contributed by atoms with Gasteiger partial charge in [0.05, 0.1) is 12.7 Å². The molecule has 0 aromatic heterocycles. The molecule has 1 saturated heterocycles. The van der Waals surface area contributed by atoms with E-state index in [1.54, 1.807) is 12.1 Å². The minimum Gasteiger partial charge on any atom is -0.465 e. The van der Waals surface area contributed by atoms with Gasteiger partial charge in [-0.2, -0.15) is 0 Å². The normalized spacial score (nSPS) is 14.4. The summed E-state index contributed by atoms with van der Waals surface area (Å²) in [4.78, 5) is 28.0. The first-order chi connectivity index (χ1) is 11.7. The van der Waals surface area contributed by atoms with Crippen molar-refractivity contribution in [2.45, 2.75) is 0 Å². The van der Waals surface area contributed by atoms with Gasteiger partial charge in [0, 0.05) is 37.4 Å². The van der Waals surface area contributed by atoms with E-state index in [1.807, 2.05) is 47.4 Å². The van der Waals surface area contributed by atoms with Crippen LogP contribution in [0.3, 0.4) is 0 Å². The van der Waals surface area contributed by atoms with Crippen LogP contribution in [-0.2, 0) is 4.74 Å². The maximum Gasteiger partial charge on any atom is 0.337 e. The Morgan fingerprint density at radius 3 is 2.04 bits per heavy atom. The topological polar surface area (TPSA) is 49.9 Å². The smallest absolute Gasteiger partial charge is 0.337 e. The van der Waals surface area contributed by atoms with E-state index in [0.717, 1.165) is 24.3 Å². The summed E-state index contributed by atoms with van der Waals surface area (Å²) in [6.07, 6.45) is 0. The number of hydrogen-bond donors (Lipinski definition) is 0. The molecule has 0 saturated carbocycles. The molecular formula is C19H20N2O3. The van der Waals surface area contributed by atoms with Crippen LogP contribution in [0.25, 0.3) is 0 Å². The molecule has 0 bridgehead atoms. The number of methoxy groups -OCH3 is 1. The van der Waals surface area contributed by atoms with Gasteiger partial charge in [0.2, 0.25) is 0 Å². The summed E-state index contributed by atoms with van der Waals surface area (Å²) in [5, 5.41) is 0. The average molecular weight is 324 g/mol. The maximum absolute atomic E-state index is 12.5. The second kappa shape index (κ2) is 7.17. The van der Waals surface area contributed by atoms with E-state index in [0.29, 0.717) is 18.7 Å². The molecule has 24 heavy (non-hydrogen) atoms. The maximum atomic E-state index is 12.5. The Hall–Kier alpha value is -2.82. The number of ether oxygens (including phenoxy) is 1. The number of rotatable bonds is 3. The third-order valence-electron chi connectivity index (χ3n) is 4.24. The summed E-state index contributed by atoms with van der Waals surface area (Å²) >= 11 is 0. The molecule has 1 fully saturated rings. The highest BCUT2D eigenvalue weighted by molar-refractivity contribution is 5.94. The zero-order valence-corrected chi connectivity index (χ0v) is 13.6. The average Bonchev–Trinajstić information content (AvgIpc) is 2.68. The van der Waals surface area contributed by atoms with Crippen LogP contribution in [0.15, 0.2) is 54.6 Å². The van der Waals surface area contributed by atoms with Crippen LogP contribution >= 0.6 is 0 Å². The van der Waals surface area contributed by atoms with Crippen LogP contribution in [0, 0.1) is 0 Å². The molecule has 0 radical (unpaired) electrons. The van der Waals surface area contributed by atoms with Gasteiger partial charge in [-0.1, -0.05) is 18.2 Å². The Balaban J connectivity index is 1.61. The molecule has 3 rings (SSSR count). The highest BCUT2D eigenvalue weighted by atomic mass is 16.5. The SMILES string of the molecule is COC(=O)c1ccc(N2CCN(C(=O)c3ccccc3)CC2)cc1. The lowest BCUT2D eigenvalue weighted by Crippen LogP contribution is -2.48. The lowest BCUT2D eigenvalue weighted by atomic mass is 10.1. The van der Waals surface area contributed by atoms with Crippen molar-refractivity contribution in [2.75, 3.05) is 38.2 Å². The second-order valence-corrected chi connectivity index (χ2v) is 5.68. The van der Waals surface area contributed by atoms with Crippen LogP contribution in [0.2, 0.25) is 0 Å². The van der Waals surface area contributed by atoms with Crippen molar-refractivity contribution < 1.29 is 14.3 Å². The van der Waals surface area contributed by atoms with Crippen LogP contribution in [-0.4, -0.2) is 50.1 Å². The molecule has 0 spiro atoms. The Kier molecular flexibility index (Phi) is 4.79. The minimum atomic E-state index is -0.333. The molecule has 1 aliphatic heterocycles. The van der Waals surface area contributed by atoms with Gasteiger partial charge >= 0.3 is 5.97 Å². The van der Waals surface area contributed by atoms with Crippen LogP contribution in [0.5, 0.6) is 0 Å². The monoisotopic (exact) mass is 324 g/mol. The fourth-order valence-electron chi connectivity index (χ4n) is 2.86. The van der Waals surface area contributed by atoms with Gasteiger partial charge in [-0.05, 0) is 36.4 Å². The van der Waals surface area contributed by atoms with Crippen molar-refractivity contribution in [3.05, 3.63) is 65.7 Å². The third-order valence-corrected chi connectivity index (χ3v) is 4.24. The lowest BCUT2D eigenvalue weighted by molar-refractivity contribution is 0.0600. The summed E-state index contributed by atoms with van der Waals surface area (Å²) in [5.41, 5.74) is 2.32. The highest BCUT2D eigenvalue weighted by Gasteiger charge is 2.22. The molecule has 124 valence electrons. The van der Waals surface area contributed by atoms with Gasteiger partial charge in [0.1, 0.15) is 0 Å². The number of carbonyl (C=O) groups is 2. The van der Waals surface area contributed by atoms with Crippen LogP contribution < -0.4 is 4.90 Å². The molecule has 1 heterocycles. The molecule has 5 nitrogen and oxygen atoms in total. The van der Waals surface area contributed by atoms with E-state index in [1.165, 1.54) is 7.11 Å². The Bertz CT molecular complexity index is 705. The van der Waals surface area contributed by atoms with Crippen molar-refractivity contribution in [1.82, 2.24) is 4.90 Å². The van der Waals surface area contributed by atoms with Gasteiger partial charge in [0.15, 0.2) is 0 Å². The number of benzene rings is 2.